The summed E-state index contributed by atoms with van der Waals surface area (Å²) in [6, 6.07) is 5.01. The first-order chi connectivity index (χ1) is 10.8. The molecule has 23 heavy (non-hydrogen) atoms. The molecule has 1 unspecified atom stereocenters. The van der Waals surface area contributed by atoms with Crippen LogP contribution in [0.5, 0.6) is 5.88 Å². The van der Waals surface area contributed by atoms with Crippen LogP contribution in [0.15, 0.2) is 24.4 Å². The lowest BCUT2D eigenvalue weighted by molar-refractivity contribution is -0.385. The minimum atomic E-state index is -0.725. The molecule has 0 radical (unpaired) electrons. The van der Waals surface area contributed by atoms with Crippen molar-refractivity contribution in [2.45, 2.75) is 26.8 Å². The molecule has 8 heteroatoms. The van der Waals surface area contributed by atoms with Gasteiger partial charge in [0, 0.05) is 5.69 Å². The Kier molecular flexibility index (Phi) is 4.63. The van der Waals surface area contributed by atoms with Gasteiger partial charge in [0.25, 0.3) is 0 Å². The molecule has 1 amide bonds. The Hall–Kier alpha value is -2.90. The number of amides is 1. The van der Waals surface area contributed by atoms with E-state index in [4.69, 9.17) is 4.74 Å². The topological polar surface area (TPSA) is 99.3 Å². The molecule has 1 aromatic carbocycles. The van der Waals surface area contributed by atoms with Crippen LogP contribution >= 0.6 is 0 Å². The average Bonchev–Trinajstić information content (AvgIpc) is 2.94. The highest BCUT2D eigenvalue weighted by Crippen LogP contribution is 2.26. The normalized spacial score (nSPS) is 11.8. The molecule has 0 saturated heterocycles. The van der Waals surface area contributed by atoms with Gasteiger partial charge < -0.3 is 10.1 Å². The number of nitro groups is 1. The van der Waals surface area contributed by atoms with Crippen LogP contribution in [-0.4, -0.2) is 27.7 Å². The number of benzene rings is 1. The second-order valence-electron chi connectivity index (χ2n) is 5.24. The lowest BCUT2D eigenvalue weighted by Crippen LogP contribution is -2.24. The van der Waals surface area contributed by atoms with Crippen molar-refractivity contribution in [3.63, 3.8) is 0 Å². The van der Waals surface area contributed by atoms with E-state index in [0.717, 1.165) is 11.1 Å². The average molecular weight is 318 g/mol. The van der Waals surface area contributed by atoms with E-state index in [1.165, 1.54) is 18.0 Å². The van der Waals surface area contributed by atoms with Gasteiger partial charge >= 0.3 is 11.6 Å². The number of carbonyl (C=O) groups is 1. The lowest BCUT2D eigenvalue weighted by atomic mass is 10.1. The molecule has 0 bridgehead atoms. The summed E-state index contributed by atoms with van der Waals surface area (Å²) in [6.45, 7) is 5.43. The van der Waals surface area contributed by atoms with Gasteiger partial charge in [0.05, 0.1) is 12.0 Å². The zero-order chi connectivity index (χ0) is 17.1. The predicted octanol–water partition coefficient (Wildman–Crippen LogP) is 2.62. The zero-order valence-electron chi connectivity index (χ0n) is 13.4. The van der Waals surface area contributed by atoms with Crippen LogP contribution in [0.2, 0.25) is 0 Å². The molecular formula is C15H18N4O4. The first-order valence-corrected chi connectivity index (χ1v) is 6.99. The molecule has 2 aromatic rings. The van der Waals surface area contributed by atoms with E-state index in [1.807, 2.05) is 32.0 Å². The summed E-state index contributed by atoms with van der Waals surface area (Å²) in [7, 11) is 1.29. The second-order valence-corrected chi connectivity index (χ2v) is 5.24. The number of methoxy groups -OCH3 is 1. The Morgan fingerprint density at radius 1 is 1.43 bits per heavy atom. The number of carbonyl (C=O) groups excluding carboxylic acids is 1. The van der Waals surface area contributed by atoms with Crippen molar-refractivity contribution < 1.29 is 14.5 Å². The summed E-state index contributed by atoms with van der Waals surface area (Å²) >= 11 is 0. The maximum Gasteiger partial charge on any atom is 0.350 e. The molecule has 0 saturated carbocycles. The van der Waals surface area contributed by atoms with Gasteiger partial charge in [-0.05, 0) is 38.0 Å². The third-order valence-corrected chi connectivity index (χ3v) is 3.50. The highest BCUT2D eigenvalue weighted by atomic mass is 16.6. The molecule has 0 spiro atoms. The predicted molar refractivity (Wildman–Crippen MR) is 84.7 cm³/mol. The number of anilines is 1. The zero-order valence-corrected chi connectivity index (χ0v) is 13.4. The largest absolute Gasteiger partial charge is 0.475 e. The Bertz CT molecular complexity index is 754. The van der Waals surface area contributed by atoms with Crippen molar-refractivity contribution in [3.8, 4) is 5.88 Å². The minimum Gasteiger partial charge on any atom is -0.475 e. The van der Waals surface area contributed by atoms with Crippen LogP contribution in [0.4, 0.5) is 11.4 Å². The summed E-state index contributed by atoms with van der Waals surface area (Å²) in [6.07, 6.45) is 1.19. The van der Waals surface area contributed by atoms with Crippen molar-refractivity contribution in [2.75, 3.05) is 12.4 Å². The van der Waals surface area contributed by atoms with E-state index in [0.29, 0.717) is 5.69 Å². The molecule has 1 atom stereocenters. The Morgan fingerprint density at radius 2 is 2.13 bits per heavy atom. The molecule has 2 rings (SSSR count). The molecule has 122 valence electrons. The van der Waals surface area contributed by atoms with Gasteiger partial charge in [-0.2, -0.15) is 0 Å². The van der Waals surface area contributed by atoms with Gasteiger partial charge in [-0.15, -0.1) is 5.10 Å². The lowest BCUT2D eigenvalue weighted by Gasteiger charge is -2.14. The van der Waals surface area contributed by atoms with E-state index in [9.17, 15) is 14.9 Å². The number of rotatable bonds is 5. The maximum atomic E-state index is 12.4. The van der Waals surface area contributed by atoms with Crippen LogP contribution < -0.4 is 10.1 Å². The van der Waals surface area contributed by atoms with Crippen LogP contribution in [0.3, 0.4) is 0 Å². The highest BCUT2D eigenvalue weighted by Gasteiger charge is 2.25. The maximum absolute atomic E-state index is 12.4. The van der Waals surface area contributed by atoms with Gasteiger partial charge in [0.15, 0.2) is 0 Å². The Labute approximate surface area is 133 Å². The first-order valence-electron chi connectivity index (χ1n) is 6.99. The quantitative estimate of drug-likeness (QED) is 0.675. The van der Waals surface area contributed by atoms with Crippen LogP contribution in [-0.2, 0) is 4.79 Å². The summed E-state index contributed by atoms with van der Waals surface area (Å²) in [5, 5.41) is 17.7. The summed E-state index contributed by atoms with van der Waals surface area (Å²) in [4.78, 5) is 22.7. The van der Waals surface area contributed by atoms with Gasteiger partial charge in [-0.1, -0.05) is 12.1 Å². The fourth-order valence-corrected chi connectivity index (χ4v) is 2.06. The summed E-state index contributed by atoms with van der Waals surface area (Å²) < 4.78 is 6.08. The van der Waals surface area contributed by atoms with E-state index < -0.39 is 11.0 Å². The smallest absolute Gasteiger partial charge is 0.350 e. The first kappa shape index (κ1) is 16.5. The molecule has 0 fully saturated rings. The molecule has 1 heterocycles. The fourth-order valence-electron chi connectivity index (χ4n) is 2.06. The van der Waals surface area contributed by atoms with E-state index in [2.05, 4.69) is 10.4 Å². The Morgan fingerprint density at radius 3 is 2.70 bits per heavy atom. The number of hydrogen-bond acceptors (Lipinski definition) is 5. The highest BCUT2D eigenvalue weighted by molar-refractivity contribution is 5.94. The van der Waals surface area contributed by atoms with E-state index in [-0.39, 0.29) is 17.5 Å². The molecule has 8 nitrogen and oxygen atoms in total. The van der Waals surface area contributed by atoms with Crippen LogP contribution in [0, 0.1) is 24.0 Å². The van der Waals surface area contributed by atoms with Crippen LogP contribution in [0.25, 0.3) is 0 Å². The van der Waals surface area contributed by atoms with E-state index >= 15 is 0 Å². The van der Waals surface area contributed by atoms with Gasteiger partial charge in [-0.3, -0.25) is 14.9 Å². The minimum absolute atomic E-state index is 0.124. The van der Waals surface area contributed by atoms with Crippen LogP contribution in [0.1, 0.15) is 24.1 Å². The number of nitrogens with one attached hydrogen (secondary N) is 1. The number of nitrogens with zero attached hydrogens (tertiary/aromatic N) is 3. The van der Waals surface area contributed by atoms with Gasteiger partial charge in [0.1, 0.15) is 12.2 Å². The second kappa shape index (κ2) is 6.47. The molecule has 0 aliphatic carbocycles. The van der Waals surface area contributed by atoms with Gasteiger partial charge in [0.2, 0.25) is 5.91 Å². The van der Waals surface area contributed by atoms with Crippen molar-refractivity contribution in [1.29, 1.82) is 0 Å². The molecule has 0 aliphatic heterocycles. The number of hydrogen-bond donors (Lipinski definition) is 1. The van der Waals surface area contributed by atoms with Gasteiger partial charge in [-0.25, -0.2) is 4.68 Å². The monoisotopic (exact) mass is 318 g/mol. The van der Waals surface area contributed by atoms with Crippen molar-refractivity contribution in [2.24, 2.45) is 0 Å². The van der Waals surface area contributed by atoms with Crippen molar-refractivity contribution >= 4 is 17.3 Å². The molecule has 1 aromatic heterocycles. The third-order valence-electron chi connectivity index (χ3n) is 3.50. The van der Waals surface area contributed by atoms with Crippen molar-refractivity contribution in [1.82, 2.24) is 9.78 Å². The number of ether oxygens (including phenoxy) is 1. The standard InChI is InChI=1S/C15H18N4O4/c1-9-5-6-10(2)12(7-9)16-14(20)11(3)18-8-13(19(21)22)15(17-18)23-4/h5-8,11H,1-4H3,(H,16,20). The fraction of sp³-hybridized carbons (Fsp3) is 0.333. The number of aromatic nitrogens is 2. The Balaban J connectivity index is 2.23. The third kappa shape index (κ3) is 3.47. The SMILES string of the molecule is COc1nn(C(C)C(=O)Nc2cc(C)ccc2C)cc1[N+](=O)[O-]. The van der Waals surface area contributed by atoms with Crippen molar-refractivity contribution in [3.05, 3.63) is 45.6 Å². The summed E-state index contributed by atoms with van der Waals surface area (Å²) in [5.41, 5.74) is 2.38. The molecule has 1 N–H and O–H groups in total. The molecule has 0 aliphatic rings. The number of aryl methyl sites for hydroxylation is 2. The summed E-state index contributed by atoms with van der Waals surface area (Å²) in [5.74, 6) is -0.444. The molecular weight excluding hydrogens is 300 g/mol. The van der Waals surface area contributed by atoms with E-state index in [1.54, 1.807) is 6.92 Å².